The topological polar surface area (TPSA) is 54.7 Å². The van der Waals surface area contributed by atoms with Crippen molar-refractivity contribution in [3.05, 3.63) is 82.4 Å². The maximum atomic E-state index is 13.1. The molecule has 1 aromatic carbocycles. The van der Waals surface area contributed by atoms with Gasteiger partial charge in [0.1, 0.15) is 11.2 Å². The average Bonchev–Trinajstić information content (AvgIpc) is 2.69. The van der Waals surface area contributed by atoms with E-state index < -0.39 is 0 Å². The lowest BCUT2D eigenvalue weighted by Crippen LogP contribution is -2.46. The number of rotatable bonds is 3. The van der Waals surface area contributed by atoms with Crippen molar-refractivity contribution in [2.24, 2.45) is 0 Å². The molecule has 0 spiro atoms. The average molecular weight is 347 g/mol. The summed E-state index contributed by atoms with van der Waals surface area (Å²) < 4.78 is 1.43. The zero-order chi connectivity index (χ0) is 17.9. The van der Waals surface area contributed by atoms with Crippen molar-refractivity contribution < 1.29 is 4.79 Å². The molecule has 26 heavy (non-hydrogen) atoms. The van der Waals surface area contributed by atoms with E-state index in [0.29, 0.717) is 12.2 Å². The number of aromatic nitrogens is 2. The Balaban J connectivity index is 1.65. The van der Waals surface area contributed by atoms with E-state index in [1.165, 1.54) is 16.2 Å². The third-order valence-corrected chi connectivity index (χ3v) is 5.05. The fourth-order valence-corrected chi connectivity index (χ4v) is 3.69. The zero-order valence-corrected chi connectivity index (χ0v) is 14.5. The smallest absolute Gasteiger partial charge is 0.270 e. The Kier molecular flexibility index (Phi) is 4.52. The van der Waals surface area contributed by atoms with E-state index in [9.17, 15) is 9.59 Å². The van der Waals surface area contributed by atoms with Crippen molar-refractivity contribution in [1.29, 1.82) is 0 Å². The van der Waals surface area contributed by atoms with Crippen LogP contribution in [0.2, 0.25) is 0 Å². The number of pyridine rings is 1. The van der Waals surface area contributed by atoms with Crippen LogP contribution in [0.3, 0.4) is 0 Å². The number of benzene rings is 1. The fourth-order valence-electron chi connectivity index (χ4n) is 3.69. The lowest BCUT2D eigenvalue weighted by atomic mass is 9.95. The largest absolute Gasteiger partial charge is 0.335 e. The Bertz CT molecular complexity index is 981. The third kappa shape index (κ3) is 3.12. The van der Waals surface area contributed by atoms with Crippen LogP contribution in [-0.4, -0.2) is 32.8 Å². The summed E-state index contributed by atoms with van der Waals surface area (Å²) in [5, 5.41) is 0. The summed E-state index contributed by atoms with van der Waals surface area (Å²) in [6.45, 7) is 0.688. The van der Waals surface area contributed by atoms with E-state index in [1.807, 2.05) is 29.2 Å². The third-order valence-electron chi connectivity index (χ3n) is 5.05. The van der Waals surface area contributed by atoms with Gasteiger partial charge < -0.3 is 4.90 Å². The number of piperidine rings is 1. The first-order valence-electron chi connectivity index (χ1n) is 9.05. The number of likely N-dealkylation sites (tertiary alicyclic amines) is 1. The molecular weight excluding hydrogens is 326 g/mol. The van der Waals surface area contributed by atoms with Gasteiger partial charge in [-0.25, -0.2) is 4.98 Å². The molecule has 4 rings (SSSR count). The summed E-state index contributed by atoms with van der Waals surface area (Å²) in [5.41, 5.74) is 1.61. The highest BCUT2D eigenvalue weighted by Gasteiger charge is 2.29. The number of carbonyl (C=O) groups excluding carboxylic acids is 1. The molecule has 132 valence electrons. The number of carbonyl (C=O) groups is 1. The van der Waals surface area contributed by atoms with Crippen LogP contribution >= 0.6 is 0 Å². The van der Waals surface area contributed by atoms with E-state index in [1.54, 1.807) is 18.3 Å². The van der Waals surface area contributed by atoms with Gasteiger partial charge in [0.15, 0.2) is 0 Å². The highest BCUT2D eigenvalue weighted by atomic mass is 16.2. The Labute approximate surface area is 151 Å². The molecule has 1 fully saturated rings. The van der Waals surface area contributed by atoms with Crippen molar-refractivity contribution in [2.45, 2.75) is 31.7 Å². The van der Waals surface area contributed by atoms with Crippen LogP contribution in [0.4, 0.5) is 0 Å². The summed E-state index contributed by atoms with van der Waals surface area (Å²) in [5.74, 6) is -0.207. The van der Waals surface area contributed by atoms with Crippen molar-refractivity contribution in [2.75, 3.05) is 6.54 Å². The van der Waals surface area contributed by atoms with Gasteiger partial charge in [0.25, 0.3) is 11.5 Å². The van der Waals surface area contributed by atoms with E-state index in [2.05, 4.69) is 17.1 Å². The Morgan fingerprint density at radius 3 is 2.73 bits per heavy atom. The van der Waals surface area contributed by atoms with Crippen LogP contribution in [0.25, 0.3) is 5.65 Å². The van der Waals surface area contributed by atoms with Gasteiger partial charge in [-0.3, -0.25) is 14.0 Å². The summed E-state index contributed by atoms with van der Waals surface area (Å²) in [6, 6.07) is 15.7. The van der Waals surface area contributed by atoms with Crippen molar-refractivity contribution in [1.82, 2.24) is 14.3 Å². The maximum absolute atomic E-state index is 13.1. The predicted molar refractivity (Wildman–Crippen MR) is 100 cm³/mol. The summed E-state index contributed by atoms with van der Waals surface area (Å²) >= 11 is 0. The van der Waals surface area contributed by atoms with Crippen LogP contribution < -0.4 is 5.56 Å². The molecule has 5 nitrogen and oxygen atoms in total. The van der Waals surface area contributed by atoms with Crippen LogP contribution in [0.15, 0.2) is 65.7 Å². The SMILES string of the molecule is O=C(c1cnc2ccccn2c1=O)N1CCCC[C@@H]1Cc1ccccc1. The minimum Gasteiger partial charge on any atom is -0.335 e. The molecule has 0 aliphatic carbocycles. The second kappa shape index (κ2) is 7.12. The van der Waals surface area contributed by atoms with Gasteiger partial charge in [-0.2, -0.15) is 0 Å². The van der Waals surface area contributed by atoms with Gasteiger partial charge in [-0.15, -0.1) is 0 Å². The monoisotopic (exact) mass is 347 g/mol. The van der Waals surface area contributed by atoms with Crippen LogP contribution in [0.5, 0.6) is 0 Å². The van der Waals surface area contributed by atoms with Crippen molar-refractivity contribution in [3.8, 4) is 0 Å². The number of nitrogens with zero attached hydrogens (tertiary/aromatic N) is 3. The molecule has 1 saturated heterocycles. The minimum atomic E-state index is -0.301. The van der Waals surface area contributed by atoms with E-state index in [-0.39, 0.29) is 23.1 Å². The van der Waals surface area contributed by atoms with Crippen LogP contribution in [-0.2, 0) is 6.42 Å². The van der Waals surface area contributed by atoms with E-state index in [4.69, 9.17) is 0 Å². The van der Waals surface area contributed by atoms with Gasteiger partial charge in [0.2, 0.25) is 0 Å². The highest BCUT2D eigenvalue weighted by Crippen LogP contribution is 2.22. The normalized spacial score (nSPS) is 17.4. The number of hydrogen-bond donors (Lipinski definition) is 0. The minimum absolute atomic E-state index is 0.120. The molecule has 0 saturated carbocycles. The number of amides is 1. The second-order valence-electron chi connectivity index (χ2n) is 6.74. The zero-order valence-electron chi connectivity index (χ0n) is 14.5. The fraction of sp³-hybridized carbons (Fsp3) is 0.286. The Morgan fingerprint density at radius 1 is 1.08 bits per heavy atom. The van der Waals surface area contributed by atoms with E-state index in [0.717, 1.165) is 25.7 Å². The van der Waals surface area contributed by atoms with Crippen molar-refractivity contribution in [3.63, 3.8) is 0 Å². The summed E-state index contributed by atoms with van der Waals surface area (Å²) in [4.78, 5) is 32.0. The van der Waals surface area contributed by atoms with Crippen molar-refractivity contribution >= 4 is 11.6 Å². The molecule has 1 amide bonds. The standard InChI is InChI=1S/C21H21N3O2/c25-20(18-15-22-19-11-5-7-13-24(19)21(18)26)23-12-6-4-10-17(23)14-16-8-2-1-3-9-16/h1-3,5,7-9,11,13,15,17H,4,6,10,12,14H2/t17-/m1/s1. The first kappa shape index (κ1) is 16.5. The molecule has 3 aromatic rings. The molecule has 3 heterocycles. The quantitative estimate of drug-likeness (QED) is 0.732. The molecule has 0 unspecified atom stereocenters. The van der Waals surface area contributed by atoms with Gasteiger partial charge in [0.05, 0.1) is 0 Å². The molecule has 1 atom stereocenters. The number of fused-ring (bicyclic) bond motifs is 1. The van der Waals surface area contributed by atoms with Gasteiger partial charge in [0, 0.05) is 25.0 Å². The summed E-state index contributed by atoms with van der Waals surface area (Å²) in [7, 11) is 0. The second-order valence-corrected chi connectivity index (χ2v) is 6.74. The lowest BCUT2D eigenvalue weighted by molar-refractivity contribution is 0.0611. The first-order valence-corrected chi connectivity index (χ1v) is 9.05. The van der Waals surface area contributed by atoms with E-state index >= 15 is 0 Å². The molecule has 0 bridgehead atoms. The van der Waals surface area contributed by atoms with Gasteiger partial charge in [-0.05, 0) is 43.4 Å². The molecule has 0 N–H and O–H groups in total. The molecule has 5 heteroatoms. The Morgan fingerprint density at radius 2 is 1.88 bits per heavy atom. The van der Waals surface area contributed by atoms with Crippen LogP contribution in [0.1, 0.15) is 35.2 Å². The van der Waals surface area contributed by atoms with Gasteiger partial charge in [-0.1, -0.05) is 36.4 Å². The van der Waals surface area contributed by atoms with Gasteiger partial charge >= 0.3 is 0 Å². The molecule has 0 radical (unpaired) electrons. The predicted octanol–water partition coefficient (Wildman–Crippen LogP) is 2.93. The van der Waals surface area contributed by atoms with Crippen LogP contribution in [0, 0.1) is 0 Å². The Hall–Kier alpha value is -2.95. The number of hydrogen-bond acceptors (Lipinski definition) is 3. The molecule has 1 aliphatic heterocycles. The maximum Gasteiger partial charge on any atom is 0.270 e. The molecule has 2 aromatic heterocycles. The first-order chi connectivity index (χ1) is 12.7. The molecule has 1 aliphatic rings. The lowest BCUT2D eigenvalue weighted by Gasteiger charge is -2.35. The highest BCUT2D eigenvalue weighted by molar-refractivity contribution is 5.94. The molecular formula is C21H21N3O2. The summed E-state index contributed by atoms with van der Waals surface area (Å²) in [6.07, 6.45) is 6.93.